The third-order valence-corrected chi connectivity index (χ3v) is 3.59. The average Bonchev–Trinajstić information content (AvgIpc) is 2.35. The zero-order chi connectivity index (χ0) is 13.0. The van der Waals surface area contributed by atoms with Crippen LogP contribution in [0, 0.1) is 0 Å². The number of halogens is 1. The van der Waals surface area contributed by atoms with E-state index >= 15 is 0 Å². The van der Waals surface area contributed by atoms with Gasteiger partial charge in [-0.25, -0.2) is 0 Å². The number of Topliss-reactive ketones (excluding diaryl/α,β-unsaturated/α-hetero) is 1. The van der Waals surface area contributed by atoms with Gasteiger partial charge in [-0.3, -0.25) is 9.59 Å². The molecule has 0 spiro atoms. The molecule has 0 heterocycles. The summed E-state index contributed by atoms with van der Waals surface area (Å²) in [5.74, 6) is 0.272. The van der Waals surface area contributed by atoms with Gasteiger partial charge in [0.2, 0.25) is 5.91 Å². The molecule has 1 fully saturated rings. The number of rotatable bonds is 3. The molecule has 0 unspecified atom stereocenters. The first-order valence-electron chi connectivity index (χ1n) is 6.19. The Bertz CT molecular complexity index is 449. The molecule has 0 radical (unpaired) electrons. The fourth-order valence-corrected chi connectivity index (χ4v) is 2.38. The van der Waals surface area contributed by atoms with Gasteiger partial charge in [0.25, 0.3) is 0 Å². The molecule has 1 aromatic rings. The number of carbonyl (C=O) groups is 2. The number of hydrogen-bond donors (Lipinski definition) is 1. The number of carbonyl (C=O) groups excluding carboxylic acids is 2. The maximum atomic E-state index is 11.9. The Morgan fingerprint density at radius 1 is 1.28 bits per heavy atom. The third-order valence-electron chi connectivity index (χ3n) is 3.22. The van der Waals surface area contributed by atoms with Crippen LogP contribution < -0.4 is 5.32 Å². The van der Waals surface area contributed by atoms with Crippen LogP contribution in [-0.2, 0) is 16.0 Å². The van der Waals surface area contributed by atoms with E-state index in [0.29, 0.717) is 30.1 Å². The van der Waals surface area contributed by atoms with Gasteiger partial charge in [-0.05, 0) is 24.5 Å². The summed E-state index contributed by atoms with van der Waals surface area (Å²) < 4.78 is 0. The summed E-state index contributed by atoms with van der Waals surface area (Å²) in [6, 6.07) is 7.48. The minimum absolute atomic E-state index is 0.0255. The minimum atomic E-state index is -0.0255. The number of hydrogen-bond acceptors (Lipinski definition) is 2. The highest BCUT2D eigenvalue weighted by Crippen LogP contribution is 2.17. The number of ketones is 1. The maximum absolute atomic E-state index is 11.9. The Morgan fingerprint density at radius 3 is 2.61 bits per heavy atom. The lowest BCUT2D eigenvalue weighted by Crippen LogP contribution is -2.38. The summed E-state index contributed by atoms with van der Waals surface area (Å²) in [6.07, 6.45) is 2.97. The molecule has 0 aromatic heterocycles. The van der Waals surface area contributed by atoms with Crippen LogP contribution >= 0.6 is 11.6 Å². The first-order chi connectivity index (χ1) is 8.65. The Hall–Kier alpha value is -1.35. The standard InChI is InChI=1S/C14H16ClNO2/c15-13-4-2-1-3-10(13)9-14(18)16-11-5-7-12(17)8-6-11/h1-4,11H,5-9H2,(H,16,18). The molecular formula is C14H16ClNO2. The summed E-state index contributed by atoms with van der Waals surface area (Å²) in [5, 5.41) is 3.58. The molecular weight excluding hydrogens is 250 g/mol. The van der Waals surface area contributed by atoms with E-state index in [2.05, 4.69) is 5.32 Å². The molecule has 0 aliphatic heterocycles. The molecule has 96 valence electrons. The van der Waals surface area contributed by atoms with Gasteiger partial charge in [-0.2, -0.15) is 0 Å². The lowest BCUT2D eigenvalue weighted by Gasteiger charge is -2.22. The fraction of sp³-hybridized carbons (Fsp3) is 0.429. The second-order valence-corrected chi connectivity index (χ2v) is 5.06. The second-order valence-electron chi connectivity index (χ2n) is 4.65. The molecule has 4 heteroatoms. The molecule has 1 amide bonds. The summed E-state index contributed by atoms with van der Waals surface area (Å²) >= 11 is 6.01. The zero-order valence-corrected chi connectivity index (χ0v) is 10.9. The van der Waals surface area contributed by atoms with Crippen molar-refractivity contribution in [1.29, 1.82) is 0 Å². The van der Waals surface area contributed by atoms with E-state index in [-0.39, 0.29) is 11.9 Å². The van der Waals surface area contributed by atoms with E-state index in [0.717, 1.165) is 18.4 Å². The lowest BCUT2D eigenvalue weighted by atomic mass is 9.94. The van der Waals surface area contributed by atoms with Gasteiger partial charge >= 0.3 is 0 Å². The van der Waals surface area contributed by atoms with Crippen molar-refractivity contribution in [3.8, 4) is 0 Å². The molecule has 0 saturated heterocycles. The van der Waals surface area contributed by atoms with Crippen LogP contribution in [0.5, 0.6) is 0 Å². The predicted octanol–water partition coefficient (Wildman–Crippen LogP) is 2.51. The van der Waals surface area contributed by atoms with E-state index in [1.165, 1.54) is 0 Å². The SMILES string of the molecule is O=C1CCC(NC(=O)Cc2ccccc2Cl)CC1. The van der Waals surface area contributed by atoms with E-state index < -0.39 is 0 Å². The number of nitrogens with one attached hydrogen (secondary N) is 1. The van der Waals surface area contributed by atoms with Gasteiger partial charge in [0.05, 0.1) is 6.42 Å². The highest BCUT2D eigenvalue weighted by atomic mass is 35.5. The largest absolute Gasteiger partial charge is 0.353 e. The summed E-state index contributed by atoms with van der Waals surface area (Å²) in [7, 11) is 0. The van der Waals surface area contributed by atoms with E-state index in [4.69, 9.17) is 11.6 Å². The molecule has 1 aliphatic carbocycles. The smallest absolute Gasteiger partial charge is 0.224 e. The lowest BCUT2D eigenvalue weighted by molar-refractivity contribution is -0.124. The van der Waals surface area contributed by atoms with Crippen molar-refractivity contribution in [2.45, 2.75) is 38.1 Å². The number of amides is 1. The van der Waals surface area contributed by atoms with Crippen LogP contribution in [0.3, 0.4) is 0 Å². The topological polar surface area (TPSA) is 46.2 Å². The Labute approximate surface area is 112 Å². The molecule has 2 rings (SSSR count). The summed E-state index contributed by atoms with van der Waals surface area (Å²) in [5.41, 5.74) is 0.837. The van der Waals surface area contributed by atoms with Gasteiger partial charge in [0.15, 0.2) is 0 Å². The molecule has 1 aliphatic rings. The van der Waals surface area contributed by atoms with Crippen LogP contribution in [-0.4, -0.2) is 17.7 Å². The predicted molar refractivity (Wildman–Crippen MR) is 70.6 cm³/mol. The highest BCUT2D eigenvalue weighted by Gasteiger charge is 2.20. The third kappa shape index (κ3) is 3.57. The van der Waals surface area contributed by atoms with Gasteiger partial charge in [0, 0.05) is 23.9 Å². The summed E-state index contributed by atoms with van der Waals surface area (Å²) in [6.45, 7) is 0. The van der Waals surface area contributed by atoms with Crippen LogP contribution in [0.2, 0.25) is 5.02 Å². The van der Waals surface area contributed by atoms with Gasteiger partial charge in [-0.1, -0.05) is 29.8 Å². The minimum Gasteiger partial charge on any atom is -0.353 e. The monoisotopic (exact) mass is 265 g/mol. The Kier molecular flexibility index (Phi) is 4.37. The van der Waals surface area contributed by atoms with Crippen LogP contribution in [0.15, 0.2) is 24.3 Å². The second kappa shape index (κ2) is 6.01. The first kappa shape index (κ1) is 13.1. The fourth-order valence-electron chi connectivity index (χ4n) is 2.18. The van der Waals surface area contributed by atoms with Crippen molar-refractivity contribution >= 4 is 23.3 Å². The molecule has 1 aromatic carbocycles. The average molecular weight is 266 g/mol. The van der Waals surface area contributed by atoms with E-state index in [1.54, 1.807) is 6.07 Å². The van der Waals surface area contributed by atoms with Gasteiger partial charge < -0.3 is 5.32 Å². The molecule has 0 atom stereocenters. The van der Waals surface area contributed by atoms with Crippen molar-refractivity contribution < 1.29 is 9.59 Å². The molecule has 3 nitrogen and oxygen atoms in total. The molecule has 1 N–H and O–H groups in total. The quantitative estimate of drug-likeness (QED) is 0.913. The van der Waals surface area contributed by atoms with Crippen molar-refractivity contribution in [1.82, 2.24) is 5.32 Å². The zero-order valence-electron chi connectivity index (χ0n) is 10.1. The Balaban J connectivity index is 1.86. The van der Waals surface area contributed by atoms with Crippen molar-refractivity contribution in [3.63, 3.8) is 0 Å². The normalized spacial score (nSPS) is 16.6. The Morgan fingerprint density at radius 2 is 1.94 bits per heavy atom. The van der Waals surface area contributed by atoms with Crippen LogP contribution in [0.25, 0.3) is 0 Å². The van der Waals surface area contributed by atoms with Crippen LogP contribution in [0.4, 0.5) is 0 Å². The van der Waals surface area contributed by atoms with Gasteiger partial charge in [0.1, 0.15) is 5.78 Å². The van der Waals surface area contributed by atoms with E-state index in [9.17, 15) is 9.59 Å². The summed E-state index contributed by atoms with van der Waals surface area (Å²) in [4.78, 5) is 23.0. The molecule has 1 saturated carbocycles. The van der Waals surface area contributed by atoms with Crippen molar-refractivity contribution in [2.24, 2.45) is 0 Å². The van der Waals surface area contributed by atoms with Crippen molar-refractivity contribution in [3.05, 3.63) is 34.9 Å². The maximum Gasteiger partial charge on any atom is 0.224 e. The van der Waals surface area contributed by atoms with Crippen molar-refractivity contribution in [2.75, 3.05) is 0 Å². The molecule has 0 bridgehead atoms. The van der Waals surface area contributed by atoms with Gasteiger partial charge in [-0.15, -0.1) is 0 Å². The van der Waals surface area contributed by atoms with Crippen LogP contribution in [0.1, 0.15) is 31.2 Å². The molecule has 18 heavy (non-hydrogen) atoms. The number of benzene rings is 1. The first-order valence-corrected chi connectivity index (χ1v) is 6.57. The highest BCUT2D eigenvalue weighted by molar-refractivity contribution is 6.31. The van der Waals surface area contributed by atoms with E-state index in [1.807, 2.05) is 18.2 Å².